The molecule has 0 bridgehead atoms. The number of hydrogen-bond acceptors (Lipinski definition) is 3. The van der Waals surface area contributed by atoms with Gasteiger partial charge in [0.25, 0.3) is 0 Å². The second-order valence-corrected chi connectivity index (χ2v) is 6.56. The van der Waals surface area contributed by atoms with Crippen LogP contribution in [0.4, 0.5) is 8.78 Å². The third-order valence-corrected chi connectivity index (χ3v) is 5.10. The van der Waals surface area contributed by atoms with Gasteiger partial charge >= 0.3 is 0 Å². The Kier molecular flexibility index (Phi) is 4.96. The predicted octanol–water partition coefficient (Wildman–Crippen LogP) is 3.20. The molecule has 0 saturated carbocycles. The van der Waals surface area contributed by atoms with Crippen molar-refractivity contribution in [3.8, 4) is 0 Å². The minimum atomic E-state index is -0.579. The summed E-state index contributed by atoms with van der Waals surface area (Å²) in [6, 6.07) is 3.64. The topological polar surface area (TPSA) is 41.3 Å². The van der Waals surface area contributed by atoms with Crippen LogP contribution in [0.3, 0.4) is 0 Å². The highest BCUT2D eigenvalue weighted by molar-refractivity contribution is 5.22. The lowest BCUT2D eigenvalue weighted by Gasteiger charge is -2.37. The molecule has 0 aliphatic carbocycles. The zero-order chi connectivity index (χ0) is 17.3. The Bertz CT molecular complexity index is 695. The molecule has 1 aliphatic heterocycles. The van der Waals surface area contributed by atoms with Crippen molar-refractivity contribution in [2.45, 2.75) is 31.9 Å². The first-order chi connectivity index (χ1) is 11.5. The van der Waals surface area contributed by atoms with Crippen LogP contribution in [0.2, 0.25) is 0 Å². The Hall–Kier alpha value is -1.79. The molecule has 2 unspecified atom stereocenters. The van der Waals surface area contributed by atoms with Gasteiger partial charge in [-0.05, 0) is 44.8 Å². The van der Waals surface area contributed by atoms with Crippen LogP contribution in [0.1, 0.15) is 43.3 Å². The number of benzene rings is 1. The molecule has 1 aromatic heterocycles. The fraction of sp³-hybridized carbons (Fsp3) is 0.500. The number of aliphatic hydroxyl groups excluding tert-OH is 1. The van der Waals surface area contributed by atoms with E-state index in [1.807, 2.05) is 24.7 Å². The van der Waals surface area contributed by atoms with Crippen LogP contribution in [-0.4, -0.2) is 32.6 Å². The molecule has 130 valence electrons. The summed E-state index contributed by atoms with van der Waals surface area (Å²) in [4.78, 5) is 6.41. The average Bonchev–Trinajstić information content (AvgIpc) is 3.00. The van der Waals surface area contributed by atoms with E-state index in [0.717, 1.165) is 32.0 Å². The molecule has 0 spiro atoms. The molecule has 4 nitrogen and oxygen atoms in total. The molecule has 0 radical (unpaired) electrons. The third kappa shape index (κ3) is 3.35. The predicted molar refractivity (Wildman–Crippen MR) is 87.2 cm³/mol. The number of rotatable bonds is 4. The lowest BCUT2D eigenvalue weighted by atomic mass is 9.89. The maximum atomic E-state index is 14.0. The summed E-state index contributed by atoms with van der Waals surface area (Å²) in [5.41, 5.74) is 0.513. The summed E-state index contributed by atoms with van der Waals surface area (Å²) in [7, 11) is 1.88. The van der Waals surface area contributed by atoms with Gasteiger partial charge in [0, 0.05) is 37.1 Å². The molecule has 2 aromatic rings. The average molecular weight is 335 g/mol. The molecule has 2 heterocycles. The first-order valence-corrected chi connectivity index (χ1v) is 8.31. The summed E-state index contributed by atoms with van der Waals surface area (Å²) >= 11 is 0. The van der Waals surface area contributed by atoms with Crippen LogP contribution in [0, 0.1) is 17.6 Å². The van der Waals surface area contributed by atoms with Gasteiger partial charge in [0.1, 0.15) is 23.6 Å². The highest BCUT2D eigenvalue weighted by Crippen LogP contribution is 2.33. The molecule has 24 heavy (non-hydrogen) atoms. The lowest BCUT2D eigenvalue weighted by Crippen LogP contribution is -2.38. The summed E-state index contributed by atoms with van der Waals surface area (Å²) < 4.78 is 28.9. The second kappa shape index (κ2) is 6.99. The SMILES string of the molecule is CC(c1ccc(F)cc1F)N1CCC(C(O)c2nccn2C)CC1. The second-order valence-electron chi connectivity index (χ2n) is 6.56. The third-order valence-electron chi connectivity index (χ3n) is 5.10. The highest BCUT2D eigenvalue weighted by atomic mass is 19.1. The van der Waals surface area contributed by atoms with E-state index in [0.29, 0.717) is 11.4 Å². The van der Waals surface area contributed by atoms with E-state index in [4.69, 9.17) is 0 Å². The summed E-state index contributed by atoms with van der Waals surface area (Å²) in [5.74, 6) is -0.225. The van der Waals surface area contributed by atoms with Gasteiger partial charge < -0.3 is 9.67 Å². The monoisotopic (exact) mass is 335 g/mol. The molecule has 0 amide bonds. The Morgan fingerprint density at radius 2 is 1.96 bits per heavy atom. The van der Waals surface area contributed by atoms with E-state index < -0.39 is 17.7 Å². The van der Waals surface area contributed by atoms with E-state index in [1.54, 1.807) is 6.20 Å². The number of likely N-dealkylation sites (tertiary alicyclic amines) is 1. The minimum Gasteiger partial charge on any atom is -0.385 e. The number of hydrogen-bond donors (Lipinski definition) is 1. The van der Waals surface area contributed by atoms with Crippen LogP contribution in [0.5, 0.6) is 0 Å². The first kappa shape index (κ1) is 17.0. The van der Waals surface area contributed by atoms with Crippen LogP contribution >= 0.6 is 0 Å². The number of nitrogens with zero attached hydrogens (tertiary/aromatic N) is 3. The number of aliphatic hydroxyl groups is 1. The van der Waals surface area contributed by atoms with Gasteiger partial charge in [0.15, 0.2) is 0 Å². The van der Waals surface area contributed by atoms with Crippen LogP contribution in [-0.2, 0) is 7.05 Å². The maximum absolute atomic E-state index is 14.0. The van der Waals surface area contributed by atoms with Crippen molar-refractivity contribution in [1.82, 2.24) is 14.5 Å². The molecule has 1 saturated heterocycles. The minimum absolute atomic E-state index is 0.114. The Morgan fingerprint density at radius 1 is 1.25 bits per heavy atom. The molecule has 1 aliphatic rings. The highest BCUT2D eigenvalue weighted by Gasteiger charge is 2.30. The molecule has 1 fully saturated rings. The first-order valence-electron chi connectivity index (χ1n) is 8.31. The largest absolute Gasteiger partial charge is 0.385 e. The van der Waals surface area contributed by atoms with Gasteiger partial charge in [0.05, 0.1) is 0 Å². The fourth-order valence-electron chi connectivity index (χ4n) is 3.53. The van der Waals surface area contributed by atoms with Gasteiger partial charge in [-0.25, -0.2) is 13.8 Å². The van der Waals surface area contributed by atoms with Crippen LogP contribution in [0.15, 0.2) is 30.6 Å². The number of aromatic nitrogens is 2. The van der Waals surface area contributed by atoms with E-state index >= 15 is 0 Å². The van der Waals surface area contributed by atoms with Gasteiger partial charge in [-0.3, -0.25) is 4.90 Å². The molecular weight excluding hydrogens is 312 g/mol. The maximum Gasteiger partial charge on any atom is 0.137 e. The van der Waals surface area contributed by atoms with E-state index in [1.165, 1.54) is 12.1 Å². The van der Waals surface area contributed by atoms with Crippen molar-refractivity contribution in [3.63, 3.8) is 0 Å². The van der Waals surface area contributed by atoms with Gasteiger partial charge in [-0.1, -0.05) is 6.07 Å². The Balaban J connectivity index is 1.63. The molecular formula is C18H23F2N3O. The summed E-state index contributed by atoms with van der Waals surface area (Å²) in [6.45, 7) is 3.47. The van der Waals surface area contributed by atoms with Crippen LogP contribution < -0.4 is 0 Å². The van der Waals surface area contributed by atoms with E-state index in [2.05, 4.69) is 9.88 Å². The number of halogens is 2. The van der Waals surface area contributed by atoms with E-state index in [-0.39, 0.29) is 12.0 Å². The Morgan fingerprint density at radius 3 is 2.54 bits per heavy atom. The number of imidazole rings is 1. The zero-order valence-corrected chi connectivity index (χ0v) is 14.0. The van der Waals surface area contributed by atoms with Crippen molar-refractivity contribution in [1.29, 1.82) is 0 Å². The van der Waals surface area contributed by atoms with Gasteiger partial charge in [-0.2, -0.15) is 0 Å². The van der Waals surface area contributed by atoms with Gasteiger partial charge in [0.2, 0.25) is 0 Å². The smallest absolute Gasteiger partial charge is 0.137 e. The molecule has 1 aromatic carbocycles. The molecule has 1 N–H and O–H groups in total. The summed E-state index contributed by atoms with van der Waals surface area (Å²) in [6.07, 6.45) is 4.58. The molecule has 6 heteroatoms. The molecule has 2 atom stereocenters. The lowest BCUT2D eigenvalue weighted by molar-refractivity contribution is 0.0401. The number of aryl methyl sites for hydroxylation is 1. The van der Waals surface area contributed by atoms with Crippen LogP contribution in [0.25, 0.3) is 0 Å². The zero-order valence-electron chi connectivity index (χ0n) is 14.0. The normalized spacial score (nSPS) is 19.4. The van der Waals surface area contributed by atoms with Crippen molar-refractivity contribution in [3.05, 3.63) is 53.6 Å². The van der Waals surface area contributed by atoms with Gasteiger partial charge in [-0.15, -0.1) is 0 Å². The fourth-order valence-corrected chi connectivity index (χ4v) is 3.53. The van der Waals surface area contributed by atoms with Crippen molar-refractivity contribution in [2.75, 3.05) is 13.1 Å². The molecule has 3 rings (SSSR count). The standard InChI is InChI=1S/C18H23F2N3O/c1-12(15-4-3-14(19)11-16(15)20)23-8-5-13(6-9-23)17(24)18-21-7-10-22(18)2/h3-4,7,10-13,17,24H,5-6,8-9H2,1-2H3. The van der Waals surface area contributed by atoms with E-state index in [9.17, 15) is 13.9 Å². The number of piperidine rings is 1. The van der Waals surface area contributed by atoms with Crippen molar-refractivity contribution < 1.29 is 13.9 Å². The van der Waals surface area contributed by atoms with Crippen molar-refractivity contribution >= 4 is 0 Å². The Labute approximate surface area is 140 Å². The quantitative estimate of drug-likeness (QED) is 0.933. The van der Waals surface area contributed by atoms with Crippen molar-refractivity contribution in [2.24, 2.45) is 13.0 Å². The summed E-state index contributed by atoms with van der Waals surface area (Å²) in [5, 5.41) is 10.5.